The SMILES string of the molecule is CC(C)CNC(=O)NC1CC(=O)N(c2ccc3c(c2)OCCO3)C1. The van der Waals surface area contributed by atoms with E-state index in [9.17, 15) is 9.59 Å². The number of ether oxygens (including phenoxy) is 2. The molecule has 7 nitrogen and oxygen atoms in total. The molecule has 0 spiro atoms. The fourth-order valence-electron chi connectivity index (χ4n) is 2.79. The van der Waals surface area contributed by atoms with Gasteiger partial charge >= 0.3 is 6.03 Å². The Morgan fingerprint density at radius 2 is 2.04 bits per heavy atom. The standard InChI is InChI=1S/C17H23N3O4/c1-11(2)9-18-17(22)19-12-7-16(21)20(10-12)13-3-4-14-15(8-13)24-6-5-23-14/h3-4,8,11-12H,5-7,9-10H2,1-2H3,(H2,18,19,22). The normalized spacial score (nSPS) is 19.5. The van der Waals surface area contributed by atoms with Crippen molar-refractivity contribution >= 4 is 17.6 Å². The average Bonchev–Trinajstić information content (AvgIpc) is 2.92. The van der Waals surface area contributed by atoms with E-state index in [2.05, 4.69) is 10.6 Å². The van der Waals surface area contributed by atoms with Crippen LogP contribution in [0.25, 0.3) is 0 Å². The second-order valence-corrected chi connectivity index (χ2v) is 6.48. The molecule has 0 bridgehead atoms. The molecule has 2 aliphatic heterocycles. The highest BCUT2D eigenvalue weighted by Crippen LogP contribution is 2.35. The van der Waals surface area contributed by atoms with Crippen molar-refractivity contribution in [1.82, 2.24) is 10.6 Å². The molecule has 1 unspecified atom stereocenters. The van der Waals surface area contributed by atoms with Crippen molar-refractivity contribution in [3.05, 3.63) is 18.2 Å². The molecule has 7 heteroatoms. The number of fused-ring (bicyclic) bond motifs is 1. The number of nitrogens with one attached hydrogen (secondary N) is 2. The zero-order chi connectivity index (χ0) is 17.1. The van der Waals surface area contributed by atoms with Crippen LogP contribution in [0, 0.1) is 5.92 Å². The minimum Gasteiger partial charge on any atom is -0.486 e. The molecule has 1 aromatic rings. The molecular formula is C17H23N3O4. The van der Waals surface area contributed by atoms with Gasteiger partial charge in [0.05, 0.1) is 6.04 Å². The van der Waals surface area contributed by atoms with Crippen LogP contribution in [0.3, 0.4) is 0 Å². The molecule has 3 amide bonds. The Morgan fingerprint density at radius 3 is 2.79 bits per heavy atom. The van der Waals surface area contributed by atoms with Crippen molar-refractivity contribution in [2.45, 2.75) is 26.3 Å². The van der Waals surface area contributed by atoms with Gasteiger partial charge in [-0.15, -0.1) is 0 Å². The molecule has 1 atom stereocenters. The minimum atomic E-state index is -0.231. The van der Waals surface area contributed by atoms with E-state index in [1.165, 1.54) is 0 Å². The molecule has 0 saturated carbocycles. The number of hydrogen-bond acceptors (Lipinski definition) is 4. The summed E-state index contributed by atoms with van der Waals surface area (Å²) in [5, 5.41) is 5.66. The van der Waals surface area contributed by atoms with Gasteiger partial charge in [-0.25, -0.2) is 4.79 Å². The van der Waals surface area contributed by atoms with E-state index in [0.29, 0.717) is 50.1 Å². The summed E-state index contributed by atoms with van der Waals surface area (Å²) in [5.74, 6) is 1.72. The molecule has 2 aliphatic rings. The molecule has 0 aliphatic carbocycles. The van der Waals surface area contributed by atoms with E-state index in [4.69, 9.17) is 9.47 Å². The molecule has 24 heavy (non-hydrogen) atoms. The van der Waals surface area contributed by atoms with Crippen LogP contribution in [-0.4, -0.2) is 44.3 Å². The summed E-state index contributed by atoms with van der Waals surface area (Å²) < 4.78 is 11.1. The summed E-state index contributed by atoms with van der Waals surface area (Å²) in [4.78, 5) is 25.8. The van der Waals surface area contributed by atoms with Gasteiger partial charge in [-0.1, -0.05) is 13.8 Å². The number of rotatable bonds is 4. The van der Waals surface area contributed by atoms with Crippen molar-refractivity contribution in [3.63, 3.8) is 0 Å². The first kappa shape index (κ1) is 16.4. The van der Waals surface area contributed by atoms with Gasteiger partial charge in [-0.2, -0.15) is 0 Å². The molecule has 0 aromatic heterocycles. The number of amides is 3. The molecule has 1 fully saturated rings. The maximum absolute atomic E-state index is 12.3. The van der Waals surface area contributed by atoms with Gasteiger partial charge in [0.15, 0.2) is 11.5 Å². The molecular weight excluding hydrogens is 310 g/mol. The Morgan fingerprint density at radius 1 is 1.29 bits per heavy atom. The molecule has 0 radical (unpaired) electrons. The highest BCUT2D eigenvalue weighted by atomic mass is 16.6. The Labute approximate surface area is 141 Å². The summed E-state index contributed by atoms with van der Waals surface area (Å²) in [5.41, 5.74) is 0.760. The maximum atomic E-state index is 12.3. The third-order valence-electron chi connectivity index (χ3n) is 3.97. The number of carbonyl (C=O) groups is 2. The molecule has 130 valence electrons. The van der Waals surface area contributed by atoms with Gasteiger partial charge in [0.1, 0.15) is 13.2 Å². The third-order valence-corrected chi connectivity index (χ3v) is 3.97. The van der Waals surface area contributed by atoms with E-state index in [1.807, 2.05) is 32.0 Å². The number of carbonyl (C=O) groups excluding carboxylic acids is 2. The third kappa shape index (κ3) is 3.72. The maximum Gasteiger partial charge on any atom is 0.315 e. The predicted octanol–water partition coefficient (Wildman–Crippen LogP) is 1.52. The smallest absolute Gasteiger partial charge is 0.315 e. The Kier molecular flexibility index (Phi) is 4.78. The van der Waals surface area contributed by atoms with E-state index in [0.717, 1.165) is 5.69 Å². The quantitative estimate of drug-likeness (QED) is 0.875. The van der Waals surface area contributed by atoms with Gasteiger partial charge in [-0.05, 0) is 18.1 Å². The summed E-state index contributed by atoms with van der Waals surface area (Å²) in [7, 11) is 0. The summed E-state index contributed by atoms with van der Waals surface area (Å²) in [6.45, 7) is 6.16. The lowest BCUT2D eigenvalue weighted by Gasteiger charge is -2.22. The molecule has 2 heterocycles. The van der Waals surface area contributed by atoms with E-state index in [1.54, 1.807) is 4.90 Å². The van der Waals surface area contributed by atoms with Gasteiger partial charge in [-0.3, -0.25) is 4.79 Å². The number of anilines is 1. The van der Waals surface area contributed by atoms with Crippen molar-refractivity contribution in [2.24, 2.45) is 5.92 Å². The zero-order valence-electron chi connectivity index (χ0n) is 14.0. The lowest BCUT2D eigenvalue weighted by atomic mass is 10.2. The van der Waals surface area contributed by atoms with Crippen LogP contribution < -0.4 is 25.0 Å². The summed E-state index contributed by atoms with van der Waals surface area (Å²) >= 11 is 0. The van der Waals surface area contributed by atoms with Crippen molar-refractivity contribution in [3.8, 4) is 11.5 Å². The average molecular weight is 333 g/mol. The van der Waals surface area contributed by atoms with Crippen LogP contribution in [0.15, 0.2) is 18.2 Å². The zero-order valence-corrected chi connectivity index (χ0v) is 14.0. The predicted molar refractivity (Wildman–Crippen MR) is 89.6 cm³/mol. The van der Waals surface area contributed by atoms with Gasteiger partial charge in [0.2, 0.25) is 5.91 Å². The second kappa shape index (κ2) is 6.98. The molecule has 1 saturated heterocycles. The Bertz CT molecular complexity index is 632. The van der Waals surface area contributed by atoms with E-state index in [-0.39, 0.29) is 18.0 Å². The van der Waals surface area contributed by atoms with Crippen LogP contribution in [0.4, 0.5) is 10.5 Å². The Hall–Kier alpha value is -2.44. The van der Waals surface area contributed by atoms with Crippen LogP contribution >= 0.6 is 0 Å². The van der Waals surface area contributed by atoms with Crippen molar-refractivity contribution in [2.75, 3.05) is 31.2 Å². The summed E-state index contributed by atoms with van der Waals surface area (Å²) in [6.07, 6.45) is 0.295. The Balaban J connectivity index is 1.61. The monoisotopic (exact) mass is 333 g/mol. The largest absolute Gasteiger partial charge is 0.486 e. The van der Waals surface area contributed by atoms with Gasteiger partial charge in [0, 0.05) is 31.3 Å². The second-order valence-electron chi connectivity index (χ2n) is 6.48. The first-order chi connectivity index (χ1) is 11.5. The highest BCUT2D eigenvalue weighted by Gasteiger charge is 2.32. The van der Waals surface area contributed by atoms with Gasteiger partial charge < -0.3 is 25.0 Å². The highest BCUT2D eigenvalue weighted by molar-refractivity contribution is 5.97. The lowest BCUT2D eigenvalue weighted by molar-refractivity contribution is -0.117. The van der Waals surface area contributed by atoms with Crippen LogP contribution in [0.1, 0.15) is 20.3 Å². The number of nitrogens with zero attached hydrogens (tertiary/aromatic N) is 1. The van der Waals surface area contributed by atoms with Crippen LogP contribution in [0.2, 0.25) is 0 Å². The van der Waals surface area contributed by atoms with Crippen molar-refractivity contribution in [1.29, 1.82) is 0 Å². The van der Waals surface area contributed by atoms with Crippen LogP contribution in [0.5, 0.6) is 11.5 Å². The van der Waals surface area contributed by atoms with E-state index < -0.39 is 0 Å². The topological polar surface area (TPSA) is 79.9 Å². The molecule has 3 rings (SSSR count). The number of benzene rings is 1. The number of hydrogen-bond donors (Lipinski definition) is 2. The van der Waals surface area contributed by atoms with Crippen molar-refractivity contribution < 1.29 is 19.1 Å². The first-order valence-corrected chi connectivity index (χ1v) is 8.27. The molecule has 1 aromatic carbocycles. The van der Waals surface area contributed by atoms with Gasteiger partial charge in [0.25, 0.3) is 0 Å². The fraction of sp³-hybridized carbons (Fsp3) is 0.529. The first-order valence-electron chi connectivity index (χ1n) is 8.27. The minimum absolute atomic E-state index is 0.0131. The van der Waals surface area contributed by atoms with Crippen LogP contribution in [-0.2, 0) is 4.79 Å². The lowest BCUT2D eigenvalue weighted by Crippen LogP contribution is -2.44. The molecule has 2 N–H and O–H groups in total. The fourth-order valence-corrected chi connectivity index (χ4v) is 2.79. The summed E-state index contributed by atoms with van der Waals surface area (Å²) in [6, 6.07) is 5.04. The number of urea groups is 1. The van der Waals surface area contributed by atoms with E-state index >= 15 is 0 Å².